The van der Waals surface area contributed by atoms with Crippen molar-refractivity contribution in [3.05, 3.63) is 58.0 Å². The Hall–Kier alpha value is -2.81. The lowest BCUT2D eigenvalue weighted by Gasteiger charge is -2.12. The number of nitro groups is 1. The average molecular weight is 257 g/mol. The molecule has 0 spiro atoms. The highest BCUT2D eigenvalue weighted by molar-refractivity contribution is 5.59. The SMILES string of the molecule is CC(Nc1ccc([N+](=O)[O-])c(C#N)c1)c1ccco1. The second-order valence-electron chi connectivity index (χ2n) is 3.98. The first kappa shape index (κ1) is 12.6. The molecule has 2 rings (SSSR count). The number of rotatable bonds is 4. The van der Waals surface area contributed by atoms with Crippen molar-refractivity contribution in [2.75, 3.05) is 5.32 Å². The van der Waals surface area contributed by atoms with Crippen molar-refractivity contribution in [2.45, 2.75) is 13.0 Å². The molecule has 19 heavy (non-hydrogen) atoms. The normalized spacial score (nSPS) is 11.6. The third-order valence-corrected chi connectivity index (χ3v) is 2.67. The summed E-state index contributed by atoms with van der Waals surface area (Å²) in [7, 11) is 0. The molecule has 2 aromatic rings. The average Bonchev–Trinajstić information content (AvgIpc) is 2.92. The first-order valence-corrected chi connectivity index (χ1v) is 5.60. The van der Waals surface area contributed by atoms with Gasteiger partial charge >= 0.3 is 0 Å². The van der Waals surface area contributed by atoms with E-state index in [1.165, 1.54) is 12.1 Å². The van der Waals surface area contributed by atoms with E-state index in [1.54, 1.807) is 18.4 Å². The van der Waals surface area contributed by atoms with Crippen LogP contribution >= 0.6 is 0 Å². The fourth-order valence-corrected chi connectivity index (χ4v) is 1.73. The van der Waals surface area contributed by atoms with Gasteiger partial charge in [-0.05, 0) is 31.2 Å². The fraction of sp³-hybridized carbons (Fsp3) is 0.154. The van der Waals surface area contributed by atoms with Gasteiger partial charge in [0.1, 0.15) is 17.4 Å². The number of hydrogen-bond acceptors (Lipinski definition) is 5. The number of benzene rings is 1. The molecule has 1 aromatic heterocycles. The Balaban J connectivity index is 2.23. The molecule has 0 aliphatic carbocycles. The van der Waals surface area contributed by atoms with Crippen LogP contribution in [0.5, 0.6) is 0 Å². The first-order valence-electron chi connectivity index (χ1n) is 5.60. The summed E-state index contributed by atoms with van der Waals surface area (Å²) in [6.07, 6.45) is 1.57. The van der Waals surface area contributed by atoms with E-state index in [4.69, 9.17) is 9.68 Å². The van der Waals surface area contributed by atoms with Crippen LogP contribution in [-0.2, 0) is 0 Å². The van der Waals surface area contributed by atoms with E-state index in [0.717, 1.165) is 5.76 Å². The molecule has 1 heterocycles. The van der Waals surface area contributed by atoms with E-state index < -0.39 is 4.92 Å². The third kappa shape index (κ3) is 2.72. The Labute approximate surface area is 109 Å². The van der Waals surface area contributed by atoms with Crippen LogP contribution in [0.15, 0.2) is 41.0 Å². The zero-order valence-electron chi connectivity index (χ0n) is 10.2. The predicted molar refractivity (Wildman–Crippen MR) is 68.6 cm³/mol. The molecule has 1 unspecified atom stereocenters. The molecule has 1 aromatic carbocycles. The second-order valence-corrected chi connectivity index (χ2v) is 3.98. The van der Waals surface area contributed by atoms with Crippen LogP contribution in [0.2, 0.25) is 0 Å². The molecule has 0 fully saturated rings. The lowest BCUT2D eigenvalue weighted by Crippen LogP contribution is -2.06. The van der Waals surface area contributed by atoms with Gasteiger partial charge in [0, 0.05) is 11.8 Å². The Morgan fingerprint density at radius 1 is 1.47 bits per heavy atom. The molecule has 0 amide bonds. The molecular formula is C13H11N3O3. The van der Waals surface area contributed by atoms with E-state index >= 15 is 0 Å². The summed E-state index contributed by atoms with van der Waals surface area (Å²) in [5, 5.41) is 22.7. The van der Waals surface area contributed by atoms with Gasteiger partial charge in [-0.25, -0.2) is 0 Å². The molecule has 0 aliphatic rings. The number of furan rings is 1. The monoisotopic (exact) mass is 257 g/mol. The highest BCUT2D eigenvalue weighted by Crippen LogP contribution is 2.25. The Bertz CT molecular complexity index is 629. The predicted octanol–water partition coefficient (Wildman–Crippen LogP) is 3.23. The topological polar surface area (TPSA) is 92.1 Å². The van der Waals surface area contributed by atoms with Crippen LogP contribution in [-0.4, -0.2) is 4.92 Å². The van der Waals surface area contributed by atoms with Gasteiger partial charge in [-0.2, -0.15) is 5.26 Å². The molecule has 0 bridgehead atoms. The lowest BCUT2D eigenvalue weighted by molar-refractivity contribution is -0.385. The van der Waals surface area contributed by atoms with Crippen molar-refractivity contribution in [3.8, 4) is 6.07 Å². The quantitative estimate of drug-likeness (QED) is 0.670. The lowest BCUT2D eigenvalue weighted by atomic mass is 10.1. The third-order valence-electron chi connectivity index (χ3n) is 2.67. The number of nitro benzene ring substituents is 1. The van der Waals surface area contributed by atoms with Crippen molar-refractivity contribution < 1.29 is 9.34 Å². The van der Waals surface area contributed by atoms with Gasteiger partial charge in [0.25, 0.3) is 5.69 Å². The second kappa shape index (κ2) is 5.23. The molecule has 1 atom stereocenters. The number of hydrogen-bond donors (Lipinski definition) is 1. The maximum atomic E-state index is 10.7. The first-order chi connectivity index (χ1) is 9.11. The zero-order valence-corrected chi connectivity index (χ0v) is 10.2. The minimum atomic E-state index is -0.571. The van der Waals surface area contributed by atoms with Crippen LogP contribution < -0.4 is 5.32 Å². The van der Waals surface area contributed by atoms with Crippen LogP contribution in [0.3, 0.4) is 0 Å². The summed E-state index contributed by atoms with van der Waals surface area (Å²) in [6.45, 7) is 1.90. The van der Waals surface area contributed by atoms with Crippen LogP contribution in [0.25, 0.3) is 0 Å². The van der Waals surface area contributed by atoms with Crippen molar-refractivity contribution in [1.29, 1.82) is 5.26 Å². The van der Waals surface area contributed by atoms with E-state index in [2.05, 4.69) is 5.32 Å². The molecule has 0 saturated heterocycles. The highest BCUT2D eigenvalue weighted by Gasteiger charge is 2.15. The van der Waals surface area contributed by atoms with Gasteiger partial charge in [0.2, 0.25) is 0 Å². The van der Waals surface area contributed by atoms with Gasteiger partial charge < -0.3 is 9.73 Å². The Kier molecular flexibility index (Phi) is 3.48. The molecule has 0 saturated carbocycles. The van der Waals surface area contributed by atoms with Crippen LogP contribution in [0.4, 0.5) is 11.4 Å². The molecule has 6 heteroatoms. The molecule has 0 radical (unpaired) electrons. The largest absolute Gasteiger partial charge is 0.467 e. The zero-order chi connectivity index (χ0) is 13.8. The van der Waals surface area contributed by atoms with Gasteiger partial charge in [0.15, 0.2) is 0 Å². The smallest absolute Gasteiger partial charge is 0.287 e. The van der Waals surface area contributed by atoms with Crippen LogP contribution in [0, 0.1) is 21.4 Å². The fourth-order valence-electron chi connectivity index (χ4n) is 1.73. The van der Waals surface area contributed by atoms with E-state index in [-0.39, 0.29) is 17.3 Å². The summed E-state index contributed by atoms with van der Waals surface area (Å²) < 4.78 is 5.25. The highest BCUT2D eigenvalue weighted by atomic mass is 16.6. The minimum Gasteiger partial charge on any atom is -0.467 e. The number of nitriles is 1. The molecule has 6 nitrogen and oxygen atoms in total. The summed E-state index contributed by atoms with van der Waals surface area (Å²) in [6, 6.07) is 9.67. The Morgan fingerprint density at radius 3 is 2.84 bits per heavy atom. The van der Waals surface area contributed by atoms with E-state index in [1.807, 2.05) is 19.1 Å². The molecular weight excluding hydrogens is 246 g/mol. The number of nitrogens with one attached hydrogen (secondary N) is 1. The van der Waals surface area contributed by atoms with E-state index in [9.17, 15) is 10.1 Å². The maximum Gasteiger partial charge on any atom is 0.287 e. The molecule has 96 valence electrons. The van der Waals surface area contributed by atoms with Crippen molar-refractivity contribution in [2.24, 2.45) is 0 Å². The molecule has 1 N–H and O–H groups in total. The number of nitrogens with zero attached hydrogens (tertiary/aromatic N) is 2. The maximum absolute atomic E-state index is 10.7. The van der Waals surface area contributed by atoms with Crippen molar-refractivity contribution in [1.82, 2.24) is 0 Å². The van der Waals surface area contributed by atoms with E-state index in [0.29, 0.717) is 5.69 Å². The minimum absolute atomic E-state index is 0.0293. The Morgan fingerprint density at radius 2 is 2.26 bits per heavy atom. The van der Waals surface area contributed by atoms with Crippen molar-refractivity contribution >= 4 is 11.4 Å². The van der Waals surface area contributed by atoms with Gasteiger partial charge in [0.05, 0.1) is 17.2 Å². The standard InChI is InChI=1S/C13H11N3O3/c1-9(13-3-2-6-19-13)15-11-4-5-12(16(17)18)10(7-11)8-14/h2-7,9,15H,1H3. The summed E-state index contributed by atoms with van der Waals surface area (Å²) in [5.41, 5.74) is 0.464. The summed E-state index contributed by atoms with van der Waals surface area (Å²) in [4.78, 5) is 10.1. The van der Waals surface area contributed by atoms with Gasteiger partial charge in [-0.3, -0.25) is 10.1 Å². The number of anilines is 1. The summed E-state index contributed by atoms with van der Waals surface area (Å²) >= 11 is 0. The molecule has 0 aliphatic heterocycles. The van der Waals surface area contributed by atoms with Gasteiger partial charge in [-0.1, -0.05) is 0 Å². The van der Waals surface area contributed by atoms with Crippen LogP contribution in [0.1, 0.15) is 24.3 Å². The van der Waals surface area contributed by atoms with Gasteiger partial charge in [-0.15, -0.1) is 0 Å². The van der Waals surface area contributed by atoms with Crippen molar-refractivity contribution in [3.63, 3.8) is 0 Å². The summed E-state index contributed by atoms with van der Waals surface area (Å²) in [5.74, 6) is 0.747.